The van der Waals surface area contributed by atoms with E-state index in [2.05, 4.69) is 17.1 Å². The molecule has 1 aromatic heterocycles. The van der Waals surface area contributed by atoms with Gasteiger partial charge in [-0.05, 0) is 68.0 Å². The van der Waals surface area contributed by atoms with Crippen LogP contribution in [0, 0.1) is 12.8 Å². The number of aromatic nitrogens is 3. The number of benzene rings is 2. The predicted molar refractivity (Wildman–Crippen MR) is 128 cm³/mol. The van der Waals surface area contributed by atoms with Gasteiger partial charge in [0.25, 0.3) is 5.91 Å². The minimum atomic E-state index is -0.214. The molecule has 0 spiro atoms. The lowest BCUT2D eigenvalue weighted by Crippen LogP contribution is -2.39. The number of aromatic amines is 1. The van der Waals surface area contributed by atoms with Crippen LogP contribution in [0.2, 0.25) is 0 Å². The number of hydrogen-bond acceptors (Lipinski definition) is 4. The molecule has 1 aliphatic rings. The second-order valence-electron chi connectivity index (χ2n) is 8.73. The third kappa shape index (κ3) is 5.35. The van der Waals surface area contributed by atoms with E-state index in [4.69, 9.17) is 4.74 Å². The summed E-state index contributed by atoms with van der Waals surface area (Å²) in [6, 6.07) is 15.3. The Balaban J connectivity index is 1.35. The Kier molecular flexibility index (Phi) is 7.27. The van der Waals surface area contributed by atoms with Crippen LogP contribution in [0.1, 0.15) is 54.4 Å². The second kappa shape index (κ2) is 10.5. The van der Waals surface area contributed by atoms with Crippen LogP contribution in [0.5, 0.6) is 5.75 Å². The third-order valence-electron chi connectivity index (χ3n) is 6.34. The summed E-state index contributed by atoms with van der Waals surface area (Å²) >= 11 is 0. The standard InChI is InChI=1S/C26H32N4O3/c1-3-4-17-33-22-11-9-21(10-12-22)25(31)29-15-13-20(14-16-29)18-24-27-28-26(32)30(24)23-8-6-5-7-19(23)2/h5-12,20H,3-4,13-18H2,1-2H3,(H,28,32). The molecule has 1 amide bonds. The number of unbranched alkanes of at least 4 members (excludes halogenated alkanes) is 1. The zero-order valence-corrected chi connectivity index (χ0v) is 19.4. The molecule has 0 bridgehead atoms. The molecule has 33 heavy (non-hydrogen) atoms. The van der Waals surface area contributed by atoms with Crippen molar-refractivity contribution in [1.29, 1.82) is 0 Å². The molecule has 4 rings (SSSR count). The van der Waals surface area contributed by atoms with Crippen molar-refractivity contribution in [2.75, 3.05) is 19.7 Å². The van der Waals surface area contributed by atoms with Crippen molar-refractivity contribution >= 4 is 5.91 Å². The number of carbonyl (C=O) groups excluding carboxylic acids is 1. The highest BCUT2D eigenvalue weighted by Crippen LogP contribution is 2.24. The maximum absolute atomic E-state index is 12.9. The molecule has 3 aromatic rings. The first kappa shape index (κ1) is 22.8. The highest BCUT2D eigenvalue weighted by atomic mass is 16.5. The first-order valence-corrected chi connectivity index (χ1v) is 11.8. The molecular formula is C26H32N4O3. The fourth-order valence-corrected chi connectivity index (χ4v) is 4.34. The number of para-hydroxylation sites is 1. The van der Waals surface area contributed by atoms with Gasteiger partial charge in [-0.15, -0.1) is 0 Å². The van der Waals surface area contributed by atoms with Crippen LogP contribution >= 0.6 is 0 Å². The smallest absolute Gasteiger partial charge is 0.347 e. The van der Waals surface area contributed by atoms with E-state index in [1.165, 1.54) is 0 Å². The maximum Gasteiger partial charge on any atom is 0.347 e. The average molecular weight is 449 g/mol. The molecule has 1 aliphatic heterocycles. The monoisotopic (exact) mass is 448 g/mol. The highest BCUT2D eigenvalue weighted by Gasteiger charge is 2.25. The van der Waals surface area contributed by atoms with Crippen molar-refractivity contribution in [3.8, 4) is 11.4 Å². The van der Waals surface area contributed by atoms with Crippen LogP contribution in [-0.2, 0) is 6.42 Å². The minimum Gasteiger partial charge on any atom is -0.494 e. The van der Waals surface area contributed by atoms with E-state index in [9.17, 15) is 9.59 Å². The maximum atomic E-state index is 12.9. The lowest BCUT2D eigenvalue weighted by atomic mass is 9.92. The SMILES string of the molecule is CCCCOc1ccc(C(=O)N2CCC(Cc3n[nH]c(=O)n3-c3ccccc3C)CC2)cc1. The first-order valence-electron chi connectivity index (χ1n) is 11.8. The van der Waals surface area contributed by atoms with Crippen molar-refractivity contribution in [1.82, 2.24) is 19.7 Å². The third-order valence-corrected chi connectivity index (χ3v) is 6.34. The Bertz CT molecular complexity index is 1120. The van der Waals surface area contributed by atoms with E-state index in [1.807, 2.05) is 60.4 Å². The fraction of sp³-hybridized carbons (Fsp3) is 0.423. The van der Waals surface area contributed by atoms with Crippen LogP contribution in [0.25, 0.3) is 5.69 Å². The molecule has 7 nitrogen and oxygen atoms in total. The van der Waals surface area contributed by atoms with E-state index in [0.717, 1.165) is 48.5 Å². The lowest BCUT2D eigenvalue weighted by molar-refractivity contribution is 0.0689. The highest BCUT2D eigenvalue weighted by molar-refractivity contribution is 5.94. The van der Waals surface area contributed by atoms with E-state index in [1.54, 1.807) is 4.57 Å². The molecule has 2 aromatic carbocycles. The van der Waals surface area contributed by atoms with Crippen LogP contribution in [0.15, 0.2) is 53.3 Å². The minimum absolute atomic E-state index is 0.0603. The molecule has 1 N–H and O–H groups in total. The zero-order chi connectivity index (χ0) is 23.2. The van der Waals surface area contributed by atoms with Crippen LogP contribution in [-0.4, -0.2) is 45.3 Å². The summed E-state index contributed by atoms with van der Waals surface area (Å²) in [4.78, 5) is 27.3. The number of carbonyl (C=O) groups is 1. The summed E-state index contributed by atoms with van der Waals surface area (Å²) in [7, 11) is 0. The van der Waals surface area contributed by atoms with Gasteiger partial charge in [-0.1, -0.05) is 31.5 Å². The number of nitrogens with one attached hydrogen (secondary N) is 1. The molecule has 0 radical (unpaired) electrons. The van der Waals surface area contributed by atoms with Crippen molar-refractivity contribution in [3.05, 3.63) is 76.0 Å². The number of amides is 1. The van der Waals surface area contributed by atoms with Crippen molar-refractivity contribution in [2.24, 2.45) is 5.92 Å². The summed E-state index contributed by atoms with van der Waals surface area (Å²) in [5, 5.41) is 6.90. The molecule has 2 heterocycles. The summed E-state index contributed by atoms with van der Waals surface area (Å²) in [6.45, 7) is 6.23. The molecule has 7 heteroatoms. The number of likely N-dealkylation sites (tertiary alicyclic amines) is 1. The predicted octanol–water partition coefficient (Wildman–Crippen LogP) is 4.14. The number of nitrogens with zero attached hydrogens (tertiary/aromatic N) is 3. The molecular weight excluding hydrogens is 416 g/mol. The van der Waals surface area contributed by atoms with Gasteiger partial charge in [0.1, 0.15) is 11.6 Å². The van der Waals surface area contributed by atoms with Gasteiger partial charge in [0, 0.05) is 25.1 Å². The molecule has 0 saturated carbocycles. The van der Waals surface area contributed by atoms with Crippen LogP contribution in [0.4, 0.5) is 0 Å². The van der Waals surface area contributed by atoms with Gasteiger partial charge in [0.15, 0.2) is 0 Å². The molecule has 0 unspecified atom stereocenters. The number of H-pyrrole nitrogens is 1. The largest absolute Gasteiger partial charge is 0.494 e. The van der Waals surface area contributed by atoms with Crippen molar-refractivity contribution in [3.63, 3.8) is 0 Å². The fourth-order valence-electron chi connectivity index (χ4n) is 4.34. The number of ether oxygens (including phenoxy) is 1. The summed E-state index contributed by atoms with van der Waals surface area (Å²) in [6.07, 6.45) is 4.60. The lowest BCUT2D eigenvalue weighted by Gasteiger charge is -2.32. The number of rotatable bonds is 8. The topological polar surface area (TPSA) is 80.2 Å². The van der Waals surface area contributed by atoms with Gasteiger partial charge >= 0.3 is 5.69 Å². The van der Waals surface area contributed by atoms with Crippen LogP contribution in [0.3, 0.4) is 0 Å². The Morgan fingerprint density at radius 2 is 1.85 bits per heavy atom. The second-order valence-corrected chi connectivity index (χ2v) is 8.73. The van der Waals surface area contributed by atoms with Gasteiger partial charge in [0.05, 0.1) is 12.3 Å². The quantitative estimate of drug-likeness (QED) is 0.525. The Labute approximate surface area is 194 Å². The Morgan fingerprint density at radius 1 is 1.12 bits per heavy atom. The van der Waals surface area contributed by atoms with E-state index >= 15 is 0 Å². The molecule has 174 valence electrons. The Morgan fingerprint density at radius 3 is 2.55 bits per heavy atom. The number of aryl methyl sites for hydroxylation is 1. The molecule has 0 atom stereocenters. The van der Waals surface area contributed by atoms with Gasteiger partial charge < -0.3 is 9.64 Å². The molecule has 1 fully saturated rings. The summed E-state index contributed by atoms with van der Waals surface area (Å²) in [5.41, 5.74) is 2.37. The summed E-state index contributed by atoms with van der Waals surface area (Å²) in [5.74, 6) is 1.99. The number of piperidine rings is 1. The Hall–Kier alpha value is -3.35. The van der Waals surface area contributed by atoms with Gasteiger partial charge in [0.2, 0.25) is 0 Å². The number of hydrogen-bond donors (Lipinski definition) is 1. The van der Waals surface area contributed by atoms with Gasteiger partial charge in [-0.25, -0.2) is 14.5 Å². The van der Waals surface area contributed by atoms with Gasteiger partial charge in [-0.3, -0.25) is 4.79 Å². The normalized spacial score (nSPS) is 14.4. The van der Waals surface area contributed by atoms with Gasteiger partial charge in [-0.2, -0.15) is 5.10 Å². The van der Waals surface area contributed by atoms with E-state index in [0.29, 0.717) is 37.6 Å². The zero-order valence-electron chi connectivity index (χ0n) is 19.4. The van der Waals surface area contributed by atoms with Crippen LogP contribution < -0.4 is 10.4 Å². The first-order chi connectivity index (χ1) is 16.1. The van der Waals surface area contributed by atoms with E-state index < -0.39 is 0 Å². The molecule has 0 aliphatic carbocycles. The van der Waals surface area contributed by atoms with Crippen molar-refractivity contribution in [2.45, 2.75) is 46.0 Å². The van der Waals surface area contributed by atoms with E-state index in [-0.39, 0.29) is 11.6 Å². The average Bonchev–Trinajstić information content (AvgIpc) is 3.19. The molecule has 1 saturated heterocycles. The summed E-state index contributed by atoms with van der Waals surface area (Å²) < 4.78 is 7.37. The van der Waals surface area contributed by atoms with Crippen molar-refractivity contribution < 1.29 is 9.53 Å².